The SMILES string of the molecule is CC/C=C/CCCCOCC[N+](CO)(CO)CCC(=O)[O-]. The number of quaternary nitrogens is 1. The lowest BCUT2D eigenvalue weighted by Crippen LogP contribution is -2.53. The molecule has 0 bridgehead atoms. The molecule has 6 nitrogen and oxygen atoms in total. The minimum absolute atomic E-state index is 0.0901. The standard InChI is InChI=1S/C15H29NO5/c1-2-3-4-5-6-7-11-21-12-10-16(13-17,14-18)9-8-15(19)20/h3-4,17-18H,2,5-14H2,1H3/b4-3+. The van der Waals surface area contributed by atoms with Crippen LogP contribution in [0.2, 0.25) is 0 Å². The summed E-state index contributed by atoms with van der Waals surface area (Å²) < 4.78 is 5.39. The summed E-state index contributed by atoms with van der Waals surface area (Å²) in [6, 6.07) is 0. The maximum absolute atomic E-state index is 10.5. The molecule has 6 heteroatoms. The maximum atomic E-state index is 10.5. The van der Waals surface area contributed by atoms with E-state index >= 15 is 0 Å². The first-order chi connectivity index (χ1) is 10.1. The summed E-state index contributed by atoms with van der Waals surface area (Å²) in [6.07, 6.45) is 8.27. The van der Waals surface area contributed by atoms with Gasteiger partial charge in [-0.2, -0.15) is 0 Å². The Balaban J connectivity index is 3.78. The van der Waals surface area contributed by atoms with Crippen LogP contribution in [0.15, 0.2) is 12.2 Å². The Hall–Kier alpha value is -0.950. The van der Waals surface area contributed by atoms with Gasteiger partial charge in [0.1, 0.15) is 6.54 Å². The van der Waals surface area contributed by atoms with Crippen molar-refractivity contribution in [2.45, 2.75) is 39.0 Å². The Morgan fingerprint density at radius 2 is 1.86 bits per heavy atom. The van der Waals surface area contributed by atoms with Gasteiger partial charge in [0, 0.05) is 19.0 Å². The molecule has 124 valence electrons. The summed E-state index contributed by atoms with van der Waals surface area (Å²) in [5.41, 5.74) is 0. The molecule has 0 atom stereocenters. The predicted molar refractivity (Wildman–Crippen MR) is 77.9 cm³/mol. The number of allylic oxidation sites excluding steroid dienone is 2. The van der Waals surface area contributed by atoms with Crippen LogP contribution in [0.1, 0.15) is 39.0 Å². The van der Waals surface area contributed by atoms with E-state index in [0.29, 0.717) is 19.8 Å². The Morgan fingerprint density at radius 3 is 2.43 bits per heavy atom. The van der Waals surface area contributed by atoms with E-state index in [0.717, 1.165) is 25.7 Å². The van der Waals surface area contributed by atoms with Gasteiger partial charge in [0.15, 0.2) is 13.5 Å². The maximum Gasteiger partial charge on any atom is 0.182 e. The molecule has 0 heterocycles. The van der Waals surface area contributed by atoms with E-state index in [2.05, 4.69) is 19.1 Å². The van der Waals surface area contributed by atoms with Gasteiger partial charge in [-0.3, -0.25) is 4.48 Å². The molecule has 0 saturated carbocycles. The van der Waals surface area contributed by atoms with Crippen molar-refractivity contribution in [2.75, 3.05) is 39.8 Å². The number of aliphatic hydroxyl groups is 2. The largest absolute Gasteiger partial charge is 0.550 e. The molecule has 0 aromatic rings. The Bertz CT molecular complexity index is 290. The van der Waals surface area contributed by atoms with E-state index in [4.69, 9.17) is 4.74 Å². The molecule has 0 spiro atoms. The summed E-state index contributed by atoms with van der Waals surface area (Å²) in [5, 5.41) is 29.2. The molecule has 0 aliphatic heterocycles. The Labute approximate surface area is 127 Å². The first-order valence-corrected chi connectivity index (χ1v) is 7.59. The van der Waals surface area contributed by atoms with Crippen LogP contribution in [0.4, 0.5) is 0 Å². The molecular weight excluding hydrogens is 274 g/mol. The van der Waals surface area contributed by atoms with Gasteiger partial charge in [-0.05, 0) is 25.7 Å². The van der Waals surface area contributed by atoms with Crippen molar-refractivity contribution in [3.05, 3.63) is 12.2 Å². The lowest BCUT2D eigenvalue weighted by atomic mass is 10.2. The highest BCUT2D eigenvalue weighted by Gasteiger charge is 2.24. The van der Waals surface area contributed by atoms with Crippen LogP contribution in [0.5, 0.6) is 0 Å². The van der Waals surface area contributed by atoms with Gasteiger partial charge in [0.2, 0.25) is 0 Å². The highest BCUT2D eigenvalue weighted by Crippen LogP contribution is 2.06. The molecule has 0 aliphatic rings. The molecular formula is C15H29NO5. The molecule has 2 N–H and O–H groups in total. The molecule has 0 radical (unpaired) electrons. The van der Waals surface area contributed by atoms with E-state index in [1.54, 1.807) is 0 Å². The van der Waals surface area contributed by atoms with Crippen molar-refractivity contribution in [3.8, 4) is 0 Å². The fourth-order valence-corrected chi connectivity index (χ4v) is 1.88. The summed E-state index contributed by atoms with van der Waals surface area (Å²) in [5.74, 6) is -1.18. The Kier molecular flexibility index (Phi) is 12.2. The first-order valence-electron chi connectivity index (χ1n) is 7.59. The second-order valence-electron chi connectivity index (χ2n) is 5.18. The zero-order chi connectivity index (χ0) is 16.0. The number of nitrogens with zero attached hydrogens (tertiary/aromatic N) is 1. The van der Waals surface area contributed by atoms with Crippen LogP contribution in [0, 0.1) is 0 Å². The van der Waals surface area contributed by atoms with Gasteiger partial charge in [0.25, 0.3) is 0 Å². The number of rotatable bonds is 14. The van der Waals surface area contributed by atoms with Gasteiger partial charge < -0.3 is 24.9 Å². The quantitative estimate of drug-likeness (QED) is 0.204. The van der Waals surface area contributed by atoms with Crippen LogP contribution in [0.25, 0.3) is 0 Å². The number of hydrogen-bond donors (Lipinski definition) is 2. The van der Waals surface area contributed by atoms with Gasteiger partial charge in [-0.1, -0.05) is 19.1 Å². The van der Waals surface area contributed by atoms with Crippen molar-refractivity contribution in [2.24, 2.45) is 0 Å². The molecule has 0 saturated heterocycles. The summed E-state index contributed by atoms with van der Waals surface area (Å²) in [6.45, 7) is 3.03. The van der Waals surface area contributed by atoms with E-state index in [1.807, 2.05) is 0 Å². The number of carbonyl (C=O) groups excluding carboxylic acids is 1. The van der Waals surface area contributed by atoms with E-state index < -0.39 is 5.97 Å². The highest BCUT2D eigenvalue weighted by atomic mass is 16.5. The third kappa shape index (κ3) is 10.4. The van der Waals surface area contributed by atoms with Crippen molar-refractivity contribution >= 4 is 5.97 Å². The van der Waals surface area contributed by atoms with Crippen LogP contribution < -0.4 is 5.11 Å². The third-order valence-electron chi connectivity index (χ3n) is 3.41. The zero-order valence-electron chi connectivity index (χ0n) is 13.0. The second-order valence-corrected chi connectivity index (χ2v) is 5.18. The van der Waals surface area contributed by atoms with E-state index in [1.165, 1.54) is 0 Å². The van der Waals surface area contributed by atoms with Crippen molar-refractivity contribution < 1.29 is 29.3 Å². The average molecular weight is 303 g/mol. The van der Waals surface area contributed by atoms with Crippen molar-refractivity contribution in [3.63, 3.8) is 0 Å². The number of carboxylic acids is 1. The molecule has 0 rings (SSSR count). The fourth-order valence-electron chi connectivity index (χ4n) is 1.88. The minimum atomic E-state index is -1.18. The second kappa shape index (κ2) is 12.8. The summed E-state index contributed by atoms with van der Waals surface area (Å²) in [7, 11) is 0. The number of aliphatic hydroxyl groups excluding tert-OH is 2. The number of aliphatic carboxylic acids is 1. The van der Waals surface area contributed by atoms with Gasteiger partial charge in [0.05, 0.1) is 13.2 Å². The van der Waals surface area contributed by atoms with E-state index in [9.17, 15) is 20.1 Å². The molecule has 0 fully saturated rings. The average Bonchev–Trinajstić information content (AvgIpc) is 2.49. The summed E-state index contributed by atoms with van der Waals surface area (Å²) in [4.78, 5) is 10.5. The number of ether oxygens (including phenoxy) is 1. The van der Waals surface area contributed by atoms with Crippen LogP contribution in [-0.4, -0.2) is 60.4 Å². The molecule has 0 unspecified atom stereocenters. The highest BCUT2D eigenvalue weighted by molar-refractivity contribution is 5.64. The molecule has 0 aliphatic carbocycles. The van der Waals surface area contributed by atoms with Crippen molar-refractivity contribution in [1.82, 2.24) is 0 Å². The van der Waals surface area contributed by atoms with Gasteiger partial charge in [-0.25, -0.2) is 0 Å². The zero-order valence-corrected chi connectivity index (χ0v) is 13.0. The normalized spacial score (nSPS) is 12.1. The monoisotopic (exact) mass is 303 g/mol. The summed E-state index contributed by atoms with van der Waals surface area (Å²) >= 11 is 0. The number of carbonyl (C=O) groups is 1. The topological polar surface area (TPSA) is 89.8 Å². The van der Waals surface area contributed by atoms with Crippen LogP contribution in [-0.2, 0) is 9.53 Å². The van der Waals surface area contributed by atoms with Crippen LogP contribution in [0.3, 0.4) is 0 Å². The van der Waals surface area contributed by atoms with Crippen LogP contribution >= 0.6 is 0 Å². The van der Waals surface area contributed by atoms with Gasteiger partial charge >= 0.3 is 0 Å². The molecule has 0 amide bonds. The van der Waals surface area contributed by atoms with Gasteiger partial charge in [-0.15, -0.1) is 0 Å². The van der Waals surface area contributed by atoms with Crippen molar-refractivity contribution in [1.29, 1.82) is 0 Å². The first kappa shape index (κ1) is 20.1. The predicted octanol–water partition coefficient (Wildman–Crippen LogP) is -0.00410. The fraction of sp³-hybridized carbons (Fsp3) is 0.800. The number of hydrogen-bond acceptors (Lipinski definition) is 5. The molecule has 21 heavy (non-hydrogen) atoms. The molecule has 0 aromatic heterocycles. The number of carboxylic acid groups (broad SMARTS) is 1. The number of unbranched alkanes of at least 4 members (excludes halogenated alkanes) is 2. The molecule has 0 aromatic carbocycles. The minimum Gasteiger partial charge on any atom is -0.550 e. The van der Waals surface area contributed by atoms with E-state index in [-0.39, 0.29) is 30.9 Å². The Morgan fingerprint density at radius 1 is 1.14 bits per heavy atom. The lowest BCUT2D eigenvalue weighted by molar-refractivity contribution is -0.961. The third-order valence-corrected chi connectivity index (χ3v) is 3.41. The smallest absolute Gasteiger partial charge is 0.182 e. The lowest BCUT2D eigenvalue weighted by Gasteiger charge is -2.34.